The van der Waals surface area contributed by atoms with E-state index >= 15 is 0 Å². The highest BCUT2D eigenvalue weighted by Gasteiger charge is 2.44. The molecule has 1 aliphatic heterocycles. The van der Waals surface area contributed by atoms with Crippen LogP contribution in [0.2, 0.25) is 0 Å². The van der Waals surface area contributed by atoms with Gasteiger partial charge >= 0.3 is 12.0 Å². The maximum Gasteiger partial charge on any atom is 0.328 e. The van der Waals surface area contributed by atoms with E-state index in [9.17, 15) is 24.9 Å². The average Bonchev–Trinajstić information content (AvgIpc) is 2.62. The van der Waals surface area contributed by atoms with Gasteiger partial charge in [-0.25, -0.2) is 9.59 Å². The van der Waals surface area contributed by atoms with Crippen LogP contribution in [0.3, 0.4) is 0 Å². The lowest BCUT2D eigenvalue weighted by atomic mass is 9.98. The van der Waals surface area contributed by atoms with Crippen molar-refractivity contribution in [3.8, 4) is 5.75 Å². The van der Waals surface area contributed by atoms with Crippen molar-refractivity contribution in [2.24, 2.45) is 0 Å². The van der Waals surface area contributed by atoms with Gasteiger partial charge in [-0.1, -0.05) is 0 Å². The van der Waals surface area contributed by atoms with Crippen molar-refractivity contribution in [2.45, 2.75) is 30.7 Å². The van der Waals surface area contributed by atoms with Gasteiger partial charge in [0.1, 0.15) is 30.2 Å². The molecule has 0 spiro atoms. The molecule has 1 aromatic carbocycles. The number of aliphatic hydroxyl groups excluding tert-OH is 3. The monoisotopic (exact) mass is 368 g/mol. The Kier molecular flexibility index (Phi) is 6.52. The number of aliphatic hydroxyl groups is 3. The second-order valence-electron chi connectivity index (χ2n) is 5.48. The summed E-state index contributed by atoms with van der Waals surface area (Å²) in [5, 5.41) is 43.4. The molecule has 5 atom stereocenters. The highest BCUT2D eigenvalue weighted by molar-refractivity contribution is 5.88. The molecule has 0 radical (unpaired) electrons. The van der Waals surface area contributed by atoms with Crippen molar-refractivity contribution in [2.75, 3.05) is 12.4 Å². The molecule has 2 rings (SSSR count). The van der Waals surface area contributed by atoms with E-state index in [1.54, 1.807) is 12.1 Å². The van der Waals surface area contributed by atoms with Crippen LogP contribution >= 0.6 is 0 Å². The lowest BCUT2D eigenvalue weighted by molar-refractivity contribution is -0.261. The van der Waals surface area contributed by atoms with Crippen LogP contribution in [0.1, 0.15) is 0 Å². The first-order valence-corrected chi connectivity index (χ1v) is 7.68. The van der Waals surface area contributed by atoms with Gasteiger partial charge in [0.2, 0.25) is 6.29 Å². The van der Waals surface area contributed by atoms with Crippen LogP contribution < -0.4 is 15.4 Å². The first-order chi connectivity index (χ1) is 12.3. The number of hydrogen-bond acceptors (Lipinski definition) is 7. The van der Waals surface area contributed by atoms with Crippen LogP contribution in [-0.4, -0.2) is 70.2 Å². The van der Waals surface area contributed by atoms with Crippen LogP contribution in [0.4, 0.5) is 10.5 Å². The van der Waals surface area contributed by atoms with Gasteiger partial charge in [0.25, 0.3) is 0 Å². The van der Waals surface area contributed by atoms with Gasteiger partial charge in [-0.05, 0) is 30.3 Å². The summed E-state index contributed by atoms with van der Waals surface area (Å²) in [4.78, 5) is 21.8. The number of nitrogens with one attached hydrogen (secondary N) is 2. The maximum absolute atomic E-state index is 11.2. The topological polar surface area (TPSA) is 158 Å². The lowest BCUT2D eigenvalue weighted by Gasteiger charge is -2.39. The third-order valence-corrected chi connectivity index (χ3v) is 3.63. The zero-order valence-corrected chi connectivity index (χ0v) is 13.8. The standard InChI is InChI=1S/C16H20N2O8/c1-17-16(24)18-8-2-4-9(5-3-8)25-15-14(23)13(22)12(21)10(26-15)6-7-11(19)20/h2-7,10,12-15,21-23H,1H3,(H,19,20)(H2,17,18,24)/b7-6+/t10-,12-,13+,14+,15+/m1/s1. The third kappa shape index (κ3) is 4.92. The van der Waals surface area contributed by atoms with E-state index in [2.05, 4.69) is 10.6 Å². The van der Waals surface area contributed by atoms with Crippen LogP contribution in [-0.2, 0) is 9.53 Å². The van der Waals surface area contributed by atoms with Gasteiger partial charge in [0.15, 0.2) is 0 Å². The van der Waals surface area contributed by atoms with Crippen LogP contribution in [0, 0.1) is 0 Å². The van der Waals surface area contributed by atoms with E-state index in [1.165, 1.54) is 19.2 Å². The number of ether oxygens (including phenoxy) is 2. The molecule has 10 nitrogen and oxygen atoms in total. The molecule has 0 aliphatic carbocycles. The summed E-state index contributed by atoms with van der Waals surface area (Å²) in [5.41, 5.74) is 0.500. The van der Waals surface area contributed by atoms with Crippen LogP contribution in [0.25, 0.3) is 0 Å². The minimum absolute atomic E-state index is 0.265. The molecule has 26 heavy (non-hydrogen) atoms. The van der Waals surface area contributed by atoms with Crippen molar-refractivity contribution in [1.82, 2.24) is 5.32 Å². The quantitative estimate of drug-likeness (QED) is 0.371. The highest BCUT2D eigenvalue weighted by Crippen LogP contribution is 2.25. The zero-order valence-electron chi connectivity index (χ0n) is 13.8. The first kappa shape index (κ1) is 19.7. The van der Waals surface area contributed by atoms with E-state index in [1.807, 2.05) is 0 Å². The van der Waals surface area contributed by atoms with Crippen molar-refractivity contribution < 1.29 is 39.5 Å². The SMILES string of the molecule is CNC(=O)Nc1ccc(O[C@H]2O[C@H](/C=C/C(=O)O)[C@@H](O)[C@H](O)[C@@H]2O)cc1. The van der Waals surface area contributed by atoms with E-state index in [4.69, 9.17) is 14.6 Å². The van der Waals surface area contributed by atoms with Gasteiger partial charge in [-0.2, -0.15) is 0 Å². The van der Waals surface area contributed by atoms with Crippen molar-refractivity contribution in [3.63, 3.8) is 0 Å². The van der Waals surface area contributed by atoms with Crippen LogP contribution in [0.15, 0.2) is 36.4 Å². The fourth-order valence-electron chi connectivity index (χ4n) is 2.25. The number of carbonyl (C=O) groups is 2. The molecule has 10 heteroatoms. The summed E-state index contributed by atoms with van der Waals surface area (Å²) in [6, 6.07) is 5.71. The Labute approximate surface area is 148 Å². The molecule has 0 bridgehead atoms. The number of carboxylic acid groups (broad SMARTS) is 1. The zero-order chi connectivity index (χ0) is 19.3. The molecule has 6 N–H and O–H groups in total. The van der Waals surface area contributed by atoms with Gasteiger partial charge in [-0.3, -0.25) is 0 Å². The lowest BCUT2D eigenvalue weighted by Crippen LogP contribution is -2.58. The van der Waals surface area contributed by atoms with Crippen LogP contribution in [0.5, 0.6) is 5.75 Å². The number of rotatable bonds is 5. The predicted octanol–water partition coefficient (Wildman–Crippen LogP) is -0.735. The van der Waals surface area contributed by atoms with Crippen molar-refractivity contribution >= 4 is 17.7 Å². The summed E-state index contributed by atoms with van der Waals surface area (Å²) in [7, 11) is 1.48. The molecule has 0 aromatic heterocycles. The number of urea groups is 1. The number of carboxylic acids is 1. The Morgan fingerprint density at radius 1 is 1.12 bits per heavy atom. The molecule has 2 amide bonds. The van der Waals surface area contributed by atoms with Crippen molar-refractivity contribution in [1.29, 1.82) is 0 Å². The molecule has 1 aliphatic rings. The summed E-state index contributed by atoms with van der Waals surface area (Å²) in [6.45, 7) is 0. The molecule has 0 unspecified atom stereocenters. The van der Waals surface area contributed by atoms with Gasteiger partial charge in [0.05, 0.1) is 0 Å². The molecule has 1 fully saturated rings. The van der Waals surface area contributed by atoms with Gasteiger partial charge < -0.3 is 40.5 Å². The Hall–Kier alpha value is -2.66. The second-order valence-corrected chi connectivity index (χ2v) is 5.48. The smallest absolute Gasteiger partial charge is 0.328 e. The fourth-order valence-corrected chi connectivity index (χ4v) is 2.25. The van der Waals surface area contributed by atoms with Gasteiger partial charge in [0, 0.05) is 18.8 Å². The summed E-state index contributed by atoms with van der Waals surface area (Å²) >= 11 is 0. The summed E-state index contributed by atoms with van der Waals surface area (Å²) < 4.78 is 10.8. The number of anilines is 1. The third-order valence-electron chi connectivity index (χ3n) is 3.63. The molecular formula is C16H20N2O8. The van der Waals surface area contributed by atoms with E-state index < -0.39 is 42.7 Å². The number of amides is 2. The number of benzene rings is 1. The normalized spacial score (nSPS) is 28.5. The van der Waals surface area contributed by atoms with E-state index in [0.717, 1.165) is 12.2 Å². The van der Waals surface area contributed by atoms with E-state index in [-0.39, 0.29) is 5.75 Å². The van der Waals surface area contributed by atoms with Gasteiger partial charge in [-0.15, -0.1) is 0 Å². The molecule has 1 heterocycles. The number of carbonyl (C=O) groups excluding carboxylic acids is 1. The molecule has 1 aromatic rings. The second kappa shape index (κ2) is 8.63. The highest BCUT2D eigenvalue weighted by atomic mass is 16.7. The Balaban J connectivity index is 2.06. The van der Waals surface area contributed by atoms with E-state index in [0.29, 0.717) is 5.69 Å². The first-order valence-electron chi connectivity index (χ1n) is 7.68. The summed E-state index contributed by atoms with van der Waals surface area (Å²) in [5.74, 6) is -0.987. The minimum Gasteiger partial charge on any atom is -0.478 e. The predicted molar refractivity (Wildman–Crippen MR) is 88.6 cm³/mol. The average molecular weight is 368 g/mol. The Morgan fingerprint density at radius 3 is 2.35 bits per heavy atom. The largest absolute Gasteiger partial charge is 0.478 e. The molecular weight excluding hydrogens is 348 g/mol. The van der Waals surface area contributed by atoms with Crippen molar-refractivity contribution in [3.05, 3.63) is 36.4 Å². The molecule has 1 saturated heterocycles. The minimum atomic E-state index is -1.59. The molecule has 142 valence electrons. The number of aliphatic carboxylic acids is 1. The number of hydrogen-bond donors (Lipinski definition) is 6. The summed E-state index contributed by atoms with van der Waals surface area (Å²) in [6.07, 6.45) is -5.36. The maximum atomic E-state index is 11.2. The molecule has 0 saturated carbocycles. The Morgan fingerprint density at radius 2 is 1.77 bits per heavy atom. The Bertz CT molecular complexity index is 663. The fraction of sp³-hybridized carbons (Fsp3) is 0.375.